The number of nitrogens with one attached hydrogen (secondary N) is 1. The minimum absolute atomic E-state index is 0.0733. The van der Waals surface area contributed by atoms with Crippen molar-refractivity contribution in [2.24, 2.45) is 5.10 Å². The molecule has 0 heterocycles. The van der Waals surface area contributed by atoms with E-state index in [1.807, 2.05) is 36.4 Å². The summed E-state index contributed by atoms with van der Waals surface area (Å²) in [5, 5.41) is 18.2. The van der Waals surface area contributed by atoms with Crippen LogP contribution in [0.2, 0.25) is 0 Å². The van der Waals surface area contributed by atoms with Crippen molar-refractivity contribution >= 4 is 33.7 Å². The number of hydrogen-bond donors (Lipinski definition) is 2. The molecule has 0 radical (unpaired) electrons. The monoisotopic (exact) mass is 340 g/mol. The number of carbonyl (C=O) groups excluding carboxylic acids is 1. The molecule has 0 saturated heterocycles. The first-order valence-corrected chi connectivity index (χ1v) is 8.26. The molecule has 2 N–H and O–H groups in total. The first kappa shape index (κ1) is 15.8. The van der Waals surface area contributed by atoms with Gasteiger partial charge < -0.3 is 5.11 Å². The van der Waals surface area contributed by atoms with Crippen LogP contribution in [0.3, 0.4) is 0 Å². The van der Waals surface area contributed by atoms with E-state index in [1.165, 1.54) is 6.07 Å². The summed E-state index contributed by atoms with van der Waals surface area (Å²) in [7, 11) is 0. The topological polar surface area (TPSA) is 61.7 Å². The number of phenols is 1. The lowest BCUT2D eigenvalue weighted by Gasteiger charge is -2.08. The molecule has 0 bridgehead atoms. The van der Waals surface area contributed by atoms with Crippen LogP contribution in [0.1, 0.15) is 15.9 Å². The smallest absolute Gasteiger partial charge is 0.275 e. The van der Waals surface area contributed by atoms with Crippen molar-refractivity contribution in [1.82, 2.24) is 5.43 Å². The number of nitrogens with zero attached hydrogens (tertiary/aromatic N) is 1. The van der Waals surface area contributed by atoms with E-state index in [1.54, 1.807) is 24.4 Å². The largest absolute Gasteiger partial charge is 0.507 e. The second-order valence-electron chi connectivity index (χ2n) is 5.95. The van der Waals surface area contributed by atoms with Crippen LogP contribution in [0, 0.1) is 0 Å². The maximum atomic E-state index is 12.2. The van der Waals surface area contributed by atoms with Crippen LogP contribution in [0.5, 0.6) is 5.75 Å². The summed E-state index contributed by atoms with van der Waals surface area (Å²) >= 11 is 0. The van der Waals surface area contributed by atoms with E-state index < -0.39 is 5.91 Å². The molecule has 0 fully saturated rings. The predicted molar refractivity (Wildman–Crippen MR) is 105 cm³/mol. The fourth-order valence-corrected chi connectivity index (χ4v) is 3.07. The molecule has 126 valence electrons. The summed E-state index contributed by atoms with van der Waals surface area (Å²) in [6.45, 7) is 0. The van der Waals surface area contributed by atoms with Crippen molar-refractivity contribution in [3.05, 3.63) is 90.0 Å². The first-order chi connectivity index (χ1) is 12.7. The van der Waals surface area contributed by atoms with Gasteiger partial charge in [-0.05, 0) is 39.7 Å². The predicted octanol–water partition coefficient (Wildman–Crippen LogP) is 4.46. The Morgan fingerprint density at radius 2 is 1.42 bits per heavy atom. The maximum Gasteiger partial charge on any atom is 0.275 e. The fourth-order valence-electron chi connectivity index (χ4n) is 3.07. The Morgan fingerprint density at radius 1 is 0.846 bits per heavy atom. The second kappa shape index (κ2) is 6.69. The molecule has 4 rings (SSSR count). The first-order valence-electron chi connectivity index (χ1n) is 8.26. The fraction of sp³-hybridized carbons (Fsp3) is 0. The maximum absolute atomic E-state index is 12.2. The van der Waals surface area contributed by atoms with E-state index in [0.717, 1.165) is 27.1 Å². The highest BCUT2D eigenvalue weighted by Crippen LogP contribution is 2.27. The molecule has 4 nitrogen and oxygen atoms in total. The molecule has 0 aromatic heterocycles. The summed E-state index contributed by atoms with van der Waals surface area (Å²) in [6.07, 6.45) is 1.66. The average molecular weight is 340 g/mol. The molecular formula is C22H16N2O2. The molecule has 1 amide bonds. The Bertz CT molecular complexity index is 1100. The molecule has 0 spiro atoms. The van der Waals surface area contributed by atoms with Gasteiger partial charge in [0.15, 0.2) is 0 Å². The van der Waals surface area contributed by atoms with Gasteiger partial charge in [-0.3, -0.25) is 4.79 Å². The number of rotatable bonds is 3. The van der Waals surface area contributed by atoms with Crippen molar-refractivity contribution in [1.29, 1.82) is 0 Å². The lowest BCUT2D eigenvalue weighted by Crippen LogP contribution is -2.17. The van der Waals surface area contributed by atoms with Crippen LogP contribution >= 0.6 is 0 Å². The molecule has 4 heteroatoms. The second-order valence-corrected chi connectivity index (χ2v) is 5.95. The highest BCUT2D eigenvalue weighted by molar-refractivity contribution is 6.13. The van der Waals surface area contributed by atoms with Crippen molar-refractivity contribution in [2.45, 2.75) is 0 Å². The van der Waals surface area contributed by atoms with Gasteiger partial charge in [0.1, 0.15) is 5.75 Å². The highest BCUT2D eigenvalue weighted by Gasteiger charge is 2.09. The zero-order valence-corrected chi connectivity index (χ0v) is 13.9. The Balaban J connectivity index is 1.73. The SMILES string of the molecule is O=C(N/N=C\c1c2ccccc2cc2ccccc12)c1ccccc1O. The number of phenolic OH excluding ortho intramolecular Hbond substituents is 1. The lowest BCUT2D eigenvalue weighted by molar-refractivity contribution is 0.0952. The average Bonchev–Trinajstić information content (AvgIpc) is 2.67. The minimum Gasteiger partial charge on any atom is -0.507 e. The van der Waals surface area contributed by atoms with E-state index in [2.05, 4.69) is 28.7 Å². The molecule has 0 aliphatic heterocycles. The van der Waals surface area contributed by atoms with Gasteiger partial charge in [0.25, 0.3) is 5.91 Å². The van der Waals surface area contributed by atoms with Gasteiger partial charge in [0.2, 0.25) is 0 Å². The van der Waals surface area contributed by atoms with Gasteiger partial charge in [-0.15, -0.1) is 0 Å². The van der Waals surface area contributed by atoms with E-state index in [9.17, 15) is 9.90 Å². The molecule has 4 aromatic carbocycles. The summed E-state index contributed by atoms with van der Waals surface area (Å²) in [4.78, 5) is 12.2. The van der Waals surface area contributed by atoms with Gasteiger partial charge in [-0.25, -0.2) is 5.43 Å². The third kappa shape index (κ3) is 2.89. The Labute approximate surface area is 150 Å². The zero-order valence-electron chi connectivity index (χ0n) is 13.9. The van der Waals surface area contributed by atoms with Gasteiger partial charge in [-0.1, -0.05) is 60.7 Å². The quantitative estimate of drug-likeness (QED) is 0.328. The number of aromatic hydroxyl groups is 1. The number of carbonyl (C=O) groups is 1. The number of para-hydroxylation sites is 1. The summed E-state index contributed by atoms with van der Waals surface area (Å²) < 4.78 is 0. The number of fused-ring (bicyclic) bond motifs is 2. The van der Waals surface area contributed by atoms with E-state index in [-0.39, 0.29) is 11.3 Å². The van der Waals surface area contributed by atoms with Crippen molar-refractivity contribution < 1.29 is 9.90 Å². The van der Waals surface area contributed by atoms with Gasteiger partial charge in [0, 0.05) is 5.56 Å². The lowest BCUT2D eigenvalue weighted by atomic mass is 9.97. The summed E-state index contributed by atoms with van der Waals surface area (Å²) in [5.74, 6) is -0.528. The molecule has 0 aliphatic rings. The summed E-state index contributed by atoms with van der Waals surface area (Å²) in [5.41, 5.74) is 3.62. The van der Waals surface area contributed by atoms with Gasteiger partial charge in [0.05, 0.1) is 11.8 Å². The van der Waals surface area contributed by atoms with Gasteiger partial charge >= 0.3 is 0 Å². The third-order valence-corrected chi connectivity index (χ3v) is 4.32. The molecule has 4 aromatic rings. The van der Waals surface area contributed by atoms with Gasteiger partial charge in [-0.2, -0.15) is 5.10 Å². The Hall–Kier alpha value is -3.66. The number of hydrazone groups is 1. The van der Waals surface area contributed by atoms with Crippen LogP contribution in [0.4, 0.5) is 0 Å². The van der Waals surface area contributed by atoms with Crippen LogP contribution < -0.4 is 5.43 Å². The molecule has 0 atom stereocenters. The van der Waals surface area contributed by atoms with Crippen molar-refractivity contribution in [3.63, 3.8) is 0 Å². The van der Waals surface area contributed by atoms with Crippen LogP contribution in [0.15, 0.2) is 84.0 Å². The molecule has 0 aliphatic carbocycles. The van der Waals surface area contributed by atoms with Crippen molar-refractivity contribution in [2.75, 3.05) is 0 Å². The summed E-state index contributed by atoms with van der Waals surface area (Å²) in [6, 6.07) is 24.7. The highest BCUT2D eigenvalue weighted by atomic mass is 16.3. The Kier molecular flexibility index (Phi) is 4.07. The van der Waals surface area contributed by atoms with Crippen molar-refractivity contribution in [3.8, 4) is 5.75 Å². The van der Waals surface area contributed by atoms with Crippen LogP contribution in [0.25, 0.3) is 21.5 Å². The standard InChI is InChI=1S/C22H16N2O2/c25-21-12-6-5-11-19(21)22(26)24-23-14-20-17-9-3-1-7-15(17)13-16-8-2-4-10-18(16)20/h1-14,25H,(H,24,26)/b23-14-. The van der Waals surface area contributed by atoms with E-state index in [0.29, 0.717) is 0 Å². The number of benzene rings is 4. The van der Waals surface area contributed by atoms with Crippen LogP contribution in [-0.4, -0.2) is 17.2 Å². The molecule has 26 heavy (non-hydrogen) atoms. The Morgan fingerprint density at radius 3 is 2.08 bits per heavy atom. The third-order valence-electron chi connectivity index (χ3n) is 4.32. The molecule has 0 unspecified atom stereocenters. The van der Waals surface area contributed by atoms with Crippen LogP contribution in [-0.2, 0) is 0 Å². The zero-order chi connectivity index (χ0) is 17.9. The van der Waals surface area contributed by atoms with E-state index >= 15 is 0 Å². The number of amides is 1. The van der Waals surface area contributed by atoms with E-state index in [4.69, 9.17) is 0 Å². The molecule has 0 saturated carbocycles. The minimum atomic E-state index is -0.455. The number of hydrogen-bond acceptors (Lipinski definition) is 3. The normalized spacial score (nSPS) is 11.2. The molecular weight excluding hydrogens is 324 g/mol.